The lowest BCUT2D eigenvalue weighted by Gasteiger charge is -2.33. The van der Waals surface area contributed by atoms with Crippen LogP contribution < -0.4 is 0 Å². The molecule has 0 unspecified atom stereocenters. The molecule has 1 saturated heterocycles. The Bertz CT molecular complexity index is 1190. The number of nitrogens with one attached hydrogen (secondary N) is 1. The summed E-state index contributed by atoms with van der Waals surface area (Å²) in [5, 5.41) is 1.10. The fourth-order valence-electron chi connectivity index (χ4n) is 5.01. The molecule has 0 radical (unpaired) electrons. The summed E-state index contributed by atoms with van der Waals surface area (Å²) in [4.78, 5) is 45.9. The molecular formula is C25H26N4O3. The lowest BCUT2D eigenvalue weighted by molar-refractivity contribution is -0.135. The predicted octanol–water partition coefficient (Wildman–Crippen LogP) is 2.71. The van der Waals surface area contributed by atoms with E-state index >= 15 is 0 Å². The van der Waals surface area contributed by atoms with Crippen LogP contribution in [0.5, 0.6) is 0 Å². The second kappa shape index (κ2) is 8.15. The summed E-state index contributed by atoms with van der Waals surface area (Å²) in [6.45, 7) is 4.58. The van der Waals surface area contributed by atoms with Gasteiger partial charge in [0, 0.05) is 66.9 Å². The van der Waals surface area contributed by atoms with E-state index in [1.807, 2.05) is 54.3 Å². The molecule has 2 aromatic carbocycles. The highest BCUT2D eigenvalue weighted by atomic mass is 16.2. The summed E-state index contributed by atoms with van der Waals surface area (Å²) in [5.74, 6) is -0.0115. The third kappa shape index (κ3) is 3.34. The number of aromatic nitrogens is 1. The highest BCUT2D eigenvalue weighted by molar-refractivity contribution is 6.01. The molecule has 2 aliphatic rings. The predicted molar refractivity (Wildman–Crippen MR) is 121 cm³/mol. The summed E-state index contributed by atoms with van der Waals surface area (Å²) in [5.41, 5.74) is 4.85. The van der Waals surface area contributed by atoms with Crippen LogP contribution in [0.4, 0.5) is 0 Å². The van der Waals surface area contributed by atoms with Crippen LogP contribution in [0.3, 0.4) is 0 Å². The Balaban J connectivity index is 1.43. The fourth-order valence-corrected chi connectivity index (χ4v) is 5.01. The molecule has 1 fully saturated rings. The van der Waals surface area contributed by atoms with E-state index in [1.54, 1.807) is 9.80 Å². The van der Waals surface area contributed by atoms with Crippen molar-refractivity contribution in [3.8, 4) is 0 Å². The van der Waals surface area contributed by atoms with Crippen molar-refractivity contribution < 1.29 is 14.4 Å². The van der Waals surface area contributed by atoms with E-state index in [9.17, 15) is 14.4 Å². The van der Waals surface area contributed by atoms with Crippen molar-refractivity contribution in [3.63, 3.8) is 0 Å². The van der Waals surface area contributed by atoms with Crippen molar-refractivity contribution in [2.75, 3.05) is 32.7 Å². The van der Waals surface area contributed by atoms with Crippen LogP contribution in [0.25, 0.3) is 10.9 Å². The maximum absolute atomic E-state index is 13.4. The Labute approximate surface area is 186 Å². The van der Waals surface area contributed by atoms with Gasteiger partial charge in [-0.1, -0.05) is 36.4 Å². The van der Waals surface area contributed by atoms with Gasteiger partial charge in [-0.15, -0.1) is 0 Å². The van der Waals surface area contributed by atoms with Crippen molar-refractivity contribution in [1.29, 1.82) is 0 Å². The minimum atomic E-state index is -0.227. The van der Waals surface area contributed by atoms with Crippen LogP contribution in [0.2, 0.25) is 0 Å². The van der Waals surface area contributed by atoms with Gasteiger partial charge in [0.05, 0.1) is 6.04 Å². The smallest absolute Gasteiger partial charge is 0.255 e. The minimum absolute atomic E-state index is 0.0219. The van der Waals surface area contributed by atoms with Crippen molar-refractivity contribution in [1.82, 2.24) is 19.7 Å². The van der Waals surface area contributed by atoms with Gasteiger partial charge in [-0.2, -0.15) is 0 Å². The first kappa shape index (κ1) is 20.3. The van der Waals surface area contributed by atoms with Crippen LogP contribution >= 0.6 is 0 Å². The number of amides is 3. The van der Waals surface area contributed by atoms with Gasteiger partial charge in [-0.05, 0) is 24.6 Å². The molecule has 2 aliphatic heterocycles. The summed E-state index contributed by atoms with van der Waals surface area (Å²) >= 11 is 0. The van der Waals surface area contributed by atoms with Crippen LogP contribution in [-0.2, 0) is 9.59 Å². The average Bonchev–Trinajstić information content (AvgIpc) is 3.30. The zero-order chi connectivity index (χ0) is 22.2. The van der Waals surface area contributed by atoms with E-state index in [0.29, 0.717) is 38.3 Å². The van der Waals surface area contributed by atoms with Crippen LogP contribution in [-0.4, -0.2) is 70.6 Å². The molecular weight excluding hydrogens is 404 g/mol. The van der Waals surface area contributed by atoms with Gasteiger partial charge < -0.3 is 19.7 Å². The monoisotopic (exact) mass is 430 g/mol. The Hall–Kier alpha value is -3.61. The number of carbonyl (C=O) groups excluding carboxylic acids is 3. The molecule has 32 heavy (non-hydrogen) atoms. The topological polar surface area (TPSA) is 76.7 Å². The van der Waals surface area contributed by atoms with E-state index in [2.05, 4.69) is 11.1 Å². The number of hydrogen-bond donors (Lipinski definition) is 1. The summed E-state index contributed by atoms with van der Waals surface area (Å²) in [7, 11) is 0. The zero-order valence-corrected chi connectivity index (χ0v) is 18.1. The van der Waals surface area contributed by atoms with Gasteiger partial charge in [0.15, 0.2) is 0 Å². The van der Waals surface area contributed by atoms with Crippen molar-refractivity contribution in [3.05, 3.63) is 70.9 Å². The second-order valence-electron chi connectivity index (χ2n) is 8.47. The van der Waals surface area contributed by atoms with Crippen LogP contribution in [0.1, 0.15) is 39.6 Å². The van der Waals surface area contributed by atoms with E-state index in [0.717, 1.165) is 34.1 Å². The number of rotatable bonds is 5. The Morgan fingerprint density at radius 3 is 2.56 bits per heavy atom. The van der Waals surface area contributed by atoms with Gasteiger partial charge in [0.25, 0.3) is 5.91 Å². The first-order chi connectivity index (χ1) is 15.6. The van der Waals surface area contributed by atoms with Crippen molar-refractivity contribution in [2.24, 2.45) is 0 Å². The molecule has 0 saturated carbocycles. The molecule has 0 bridgehead atoms. The number of benzene rings is 2. The molecule has 3 aromatic rings. The van der Waals surface area contributed by atoms with Gasteiger partial charge in [0.2, 0.25) is 12.3 Å². The normalized spacial score (nSPS) is 18.3. The number of H-pyrrole nitrogens is 1. The summed E-state index contributed by atoms with van der Waals surface area (Å²) in [6, 6.07) is 15.6. The number of piperazine rings is 1. The molecule has 0 aliphatic carbocycles. The highest BCUT2D eigenvalue weighted by Gasteiger charge is 2.39. The number of nitrogens with zero attached hydrogens (tertiary/aromatic N) is 3. The maximum Gasteiger partial charge on any atom is 0.255 e. The lowest BCUT2D eigenvalue weighted by atomic mass is 9.95. The van der Waals surface area contributed by atoms with Crippen LogP contribution in [0, 0.1) is 6.92 Å². The molecule has 5 rings (SSSR count). The average molecular weight is 431 g/mol. The quantitative estimate of drug-likeness (QED) is 0.633. The molecule has 7 nitrogen and oxygen atoms in total. The van der Waals surface area contributed by atoms with Crippen molar-refractivity contribution in [2.45, 2.75) is 19.4 Å². The van der Waals surface area contributed by atoms with Gasteiger partial charge in [-0.3, -0.25) is 14.4 Å². The van der Waals surface area contributed by atoms with Gasteiger partial charge in [0.1, 0.15) is 0 Å². The number of carbonyl (C=O) groups is 3. The van der Waals surface area contributed by atoms with Gasteiger partial charge >= 0.3 is 0 Å². The lowest BCUT2D eigenvalue weighted by Crippen LogP contribution is -2.48. The van der Waals surface area contributed by atoms with E-state index in [4.69, 9.17) is 0 Å². The summed E-state index contributed by atoms with van der Waals surface area (Å²) < 4.78 is 0. The molecule has 0 spiro atoms. The van der Waals surface area contributed by atoms with Gasteiger partial charge in [-0.25, -0.2) is 0 Å². The molecule has 164 valence electrons. The van der Waals surface area contributed by atoms with Crippen molar-refractivity contribution >= 4 is 29.1 Å². The maximum atomic E-state index is 13.4. The molecule has 1 aromatic heterocycles. The first-order valence-corrected chi connectivity index (χ1v) is 11.0. The zero-order valence-electron chi connectivity index (χ0n) is 18.1. The summed E-state index contributed by atoms with van der Waals surface area (Å²) in [6.07, 6.45) is 1.09. The number of para-hydroxylation sites is 1. The molecule has 1 N–H and O–H groups in total. The van der Waals surface area contributed by atoms with E-state index < -0.39 is 0 Å². The first-order valence-electron chi connectivity index (χ1n) is 11.0. The van der Waals surface area contributed by atoms with Crippen LogP contribution in [0.15, 0.2) is 48.5 Å². The van der Waals surface area contributed by atoms with E-state index in [-0.39, 0.29) is 24.3 Å². The van der Waals surface area contributed by atoms with E-state index in [1.165, 1.54) is 0 Å². The number of aromatic amines is 1. The minimum Gasteiger partial charge on any atom is -0.358 e. The molecule has 7 heteroatoms. The Morgan fingerprint density at radius 1 is 1.06 bits per heavy atom. The highest BCUT2D eigenvalue weighted by Crippen LogP contribution is 2.42. The fraction of sp³-hybridized carbons (Fsp3) is 0.320. The molecule has 3 amide bonds. The SMILES string of the molecule is Cc1[nH]c2ccccc2c1[C@H]1c2ccccc2C(=O)N1CCC(=O)N1CCN(C=O)CC1. The number of hydrogen-bond acceptors (Lipinski definition) is 3. The molecule has 3 heterocycles. The number of fused-ring (bicyclic) bond motifs is 2. The standard InChI is InChI=1S/C25H26N4O3/c1-17-23(20-8-4-5-9-21(20)26-17)24-18-6-2-3-7-19(18)25(32)29(24)11-10-22(31)28-14-12-27(16-30)13-15-28/h2-9,16,24,26H,10-15H2,1H3/t24-/m1/s1. The third-order valence-corrected chi connectivity index (χ3v) is 6.66. The Kier molecular flexibility index (Phi) is 5.17. The third-order valence-electron chi connectivity index (χ3n) is 6.66. The number of aryl methyl sites for hydroxylation is 1. The Morgan fingerprint density at radius 2 is 1.78 bits per heavy atom. The second-order valence-corrected chi connectivity index (χ2v) is 8.47. The molecule has 1 atom stereocenters. The largest absolute Gasteiger partial charge is 0.358 e.